The van der Waals surface area contributed by atoms with Crippen molar-refractivity contribution in [3.05, 3.63) is 23.3 Å². The molecule has 0 radical (unpaired) electrons. The van der Waals surface area contributed by atoms with Gasteiger partial charge in [-0.1, -0.05) is 32.8 Å². The topological polar surface area (TPSA) is 104 Å². The van der Waals surface area contributed by atoms with Crippen molar-refractivity contribution in [1.82, 2.24) is 0 Å². The number of hydrogen-bond acceptors (Lipinski definition) is 6. The molecular weight excluding hydrogens is 468 g/mol. The van der Waals surface area contributed by atoms with Crippen LogP contribution in [0.15, 0.2) is 23.3 Å². The Kier molecular flexibility index (Phi) is 7.89. The molecule has 0 aliphatic heterocycles. The van der Waals surface area contributed by atoms with Crippen LogP contribution < -0.4 is 0 Å². The Morgan fingerprint density at radius 3 is 2.54 bits per heavy atom. The van der Waals surface area contributed by atoms with E-state index < -0.39 is 29.3 Å². The third kappa shape index (κ3) is 5.35. The fourth-order valence-corrected chi connectivity index (χ4v) is 8.61. The Morgan fingerprint density at radius 2 is 1.86 bits per heavy atom. The first-order valence-corrected chi connectivity index (χ1v) is 14.4. The fourth-order valence-electron chi connectivity index (χ4n) is 8.61. The Labute approximate surface area is 222 Å². The zero-order valence-electron chi connectivity index (χ0n) is 23.6. The van der Waals surface area contributed by atoms with E-state index in [1.54, 1.807) is 13.0 Å². The lowest BCUT2D eigenvalue weighted by Crippen LogP contribution is -2.51. The first kappa shape index (κ1) is 28.5. The second kappa shape index (κ2) is 10.2. The predicted octanol–water partition coefficient (Wildman–Crippen LogP) is 4.90. The van der Waals surface area contributed by atoms with Gasteiger partial charge in [0.1, 0.15) is 5.60 Å². The summed E-state index contributed by atoms with van der Waals surface area (Å²) >= 11 is 0. The van der Waals surface area contributed by atoms with Crippen LogP contribution in [-0.4, -0.2) is 51.0 Å². The van der Waals surface area contributed by atoms with Gasteiger partial charge in [-0.15, -0.1) is 0 Å². The van der Waals surface area contributed by atoms with Crippen molar-refractivity contribution < 1.29 is 29.6 Å². The van der Waals surface area contributed by atoms with Crippen LogP contribution in [0.2, 0.25) is 0 Å². The minimum atomic E-state index is -0.959. The molecule has 0 aromatic rings. The van der Waals surface area contributed by atoms with Crippen LogP contribution in [0.3, 0.4) is 0 Å². The summed E-state index contributed by atoms with van der Waals surface area (Å²) in [5.74, 6) is 1.43. The first-order chi connectivity index (χ1) is 17.2. The molecule has 0 aromatic carbocycles. The molecule has 4 aliphatic rings. The molecule has 4 unspecified atom stereocenters. The second-order valence-electron chi connectivity index (χ2n) is 13.8. The maximum atomic E-state index is 13.2. The molecule has 0 amide bonds. The summed E-state index contributed by atoms with van der Waals surface area (Å²) in [6, 6.07) is 0. The van der Waals surface area contributed by atoms with Gasteiger partial charge in [-0.05, 0) is 107 Å². The quantitative estimate of drug-likeness (QED) is 0.397. The summed E-state index contributed by atoms with van der Waals surface area (Å²) in [6.45, 7) is 12.4. The molecule has 6 nitrogen and oxygen atoms in total. The van der Waals surface area contributed by atoms with Crippen LogP contribution in [0, 0.1) is 34.5 Å². The van der Waals surface area contributed by atoms with Crippen molar-refractivity contribution in [2.75, 3.05) is 0 Å². The lowest BCUT2D eigenvalue weighted by molar-refractivity contribution is -0.159. The van der Waals surface area contributed by atoms with Crippen LogP contribution in [-0.2, 0) is 14.3 Å². The van der Waals surface area contributed by atoms with Crippen molar-refractivity contribution in [3.63, 3.8) is 0 Å². The highest BCUT2D eigenvalue weighted by atomic mass is 16.6. The van der Waals surface area contributed by atoms with Gasteiger partial charge in [0.2, 0.25) is 0 Å². The maximum Gasteiger partial charge on any atom is 0.308 e. The van der Waals surface area contributed by atoms with E-state index >= 15 is 0 Å². The second-order valence-corrected chi connectivity index (χ2v) is 13.8. The third-order valence-electron chi connectivity index (χ3n) is 10.5. The molecule has 0 heterocycles. The predicted molar refractivity (Wildman–Crippen MR) is 142 cm³/mol. The molecule has 0 spiro atoms. The number of ketones is 1. The average Bonchev–Trinajstić information content (AvgIpc) is 3.12. The number of carbonyl (C=O) groups is 2. The zero-order chi connectivity index (χ0) is 27.3. The minimum Gasteiger partial charge on any atom is -0.460 e. The molecule has 2 saturated carbocycles. The van der Waals surface area contributed by atoms with Gasteiger partial charge in [-0.25, -0.2) is 0 Å². The Balaban J connectivity index is 1.42. The zero-order valence-corrected chi connectivity index (χ0v) is 23.6. The van der Waals surface area contributed by atoms with Crippen LogP contribution in [0.5, 0.6) is 0 Å². The summed E-state index contributed by atoms with van der Waals surface area (Å²) in [4.78, 5) is 25.2. The standard InChI is InChI=1S/C31H48O6/c1-18(8-7-12-29(3,4)37-28(36)14-19(2)32)21-9-10-22-20-15-25(33)24-16-26(34)27(35)17-31(24,6)23(20)11-13-30(21,22)5/h15-16,18-19,21-23,26-27,32,34-35H,7-14,17H2,1-6H3/t18?,19?,21-,22?,23?,26+,27-,30-,31-/m1/s1. The van der Waals surface area contributed by atoms with Crippen molar-refractivity contribution in [2.45, 2.75) is 123 Å². The number of hydrogen-bond donors (Lipinski definition) is 3. The van der Waals surface area contributed by atoms with E-state index in [4.69, 9.17) is 4.74 Å². The van der Waals surface area contributed by atoms with Gasteiger partial charge in [-0.3, -0.25) is 9.59 Å². The summed E-state index contributed by atoms with van der Waals surface area (Å²) in [5.41, 5.74) is 1.20. The minimum absolute atomic E-state index is 0.0211. The van der Waals surface area contributed by atoms with Crippen LogP contribution in [0.4, 0.5) is 0 Å². The number of esters is 1. The van der Waals surface area contributed by atoms with Crippen LogP contribution in [0.1, 0.15) is 99.3 Å². The highest BCUT2D eigenvalue weighted by molar-refractivity contribution is 6.07. The monoisotopic (exact) mass is 516 g/mol. The molecule has 4 aliphatic carbocycles. The van der Waals surface area contributed by atoms with Gasteiger partial charge in [0.05, 0.1) is 24.7 Å². The fraction of sp³-hybridized carbons (Fsp3) is 0.806. The molecule has 0 saturated heterocycles. The van der Waals surface area contributed by atoms with E-state index in [9.17, 15) is 24.9 Å². The third-order valence-corrected chi connectivity index (χ3v) is 10.5. The normalized spacial score (nSPS) is 39.1. The lowest BCUT2D eigenvalue weighted by atomic mass is 9.49. The highest BCUT2D eigenvalue weighted by Gasteiger charge is 2.59. The first-order valence-electron chi connectivity index (χ1n) is 14.4. The Hall–Kier alpha value is -1.50. The van der Waals surface area contributed by atoms with Gasteiger partial charge in [0.25, 0.3) is 0 Å². The van der Waals surface area contributed by atoms with E-state index in [1.807, 2.05) is 19.9 Å². The molecular formula is C31H48O6. The van der Waals surface area contributed by atoms with Crippen molar-refractivity contribution >= 4 is 11.8 Å². The number of carbonyl (C=O) groups excluding carboxylic acids is 2. The van der Waals surface area contributed by atoms with Gasteiger partial charge in [0.15, 0.2) is 5.78 Å². The number of fused-ring (bicyclic) bond motifs is 5. The van der Waals surface area contributed by atoms with Crippen LogP contribution >= 0.6 is 0 Å². The Bertz CT molecular complexity index is 963. The molecule has 0 aromatic heterocycles. The molecule has 6 heteroatoms. The highest BCUT2D eigenvalue weighted by Crippen LogP contribution is 2.66. The average molecular weight is 517 g/mol. The lowest BCUT2D eigenvalue weighted by Gasteiger charge is -2.55. The van der Waals surface area contributed by atoms with Crippen molar-refractivity contribution in [2.24, 2.45) is 34.5 Å². The largest absolute Gasteiger partial charge is 0.460 e. The molecule has 0 bridgehead atoms. The van der Waals surface area contributed by atoms with E-state index in [2.05, 4.69) is 20.8 Å². The molecule has 3 N–H and O–H groups in total. The van der Waals surface area contributed by atoms with E-state index in [-0.39, 0.29) is 29.5 Å². The number of aliphatic hydroxyl groups is 3. The van der Waals surface area contributed by atoms with Gasteiger partial charge in [-0.2, -0.15) is 0 Å². The summed E-state index contributed by atoms with van der Waals surface area (Å²) < 4.78 is 5.62. The van der Waals surface area contributed by atoms with Crippen molar-refractivity contribution in [1.29, 1.82) is 0 Å². The summed E-state index contributed by atoms with van der Waals surface area (Å²) in [7, 11) is 0. The van der Waals surface area contributed by atoms with Crippen molar-refractivity contribution in [3.8, 4) is 0 Å². The number of allylic oxidation sites excluding steroid dienone is 3. The number of aliphatic hydroxyl groups excluding tert-OH is 3. The van der Waals surface area contributed by atoms with E-state index in [0.29, 0.717) is 29.7 Å². The summed E-state index contributed by atoms with van der Waals surface area (Å²) in [6.07, 6.45) is 8.73. The van der Waals surface area contributed by atoms with Crippen LogP contribution in [0.25, 0.3) is 0 Å². The smallest absolute Gasteiger partial charge is 0.308 e. The molecule has 4 rings (SSSR count). The molecule has 9 atom stereocenters. The number of rotatable bonds is 8. The van der Waals surface area contributed by atoms with Gasteiger partial charge >= 0.3 is 5.97 Å². The van der Waals surface area contributed by atoms with Gasteiger partial charge < -0.3 is 20.1 Å². The SMILES string of the molecule is CC(O)CC(=O)OC(C)(C)CCCC(C)[C@H]1CCC2C3=CC(=O)C4=C[C@H](O)[C@H](O)C[C@]4(C)C3CC[C@@]21C. The molecule has 2 fully saturated rings. The maximum absolute atomic E-state index is 13.2. The molecule has 208 valence electrons. The summed E-state index contributed by atoms with van der Waals surface area (Å²) in [5, 5.41) is 30.1. The Morgan fingerprint density at radius 1 is 1.16 bits per heavy atom. The van der Waals surface area contributed by atoms with E-state index in [1.165, 1.54) is 5.57 Å². The molecule has 37 heavy (non-hydrogen) atoms. The number of ether oxygens (including phenoxy) is 1. The van der Waals surface area contributed by atoms with E-state index in [0.717, 1.165) is 44.9 Å². The van der Waals surface area contributed by atoms with Gasteiger partial charge in [0, 0.05) is 11.0 Å².